The Hall–Kier alpha value is -3.20. The predicted octanol–water partition coefficient (Wildman–Crippen LogP) is 2.54. The van der Waals surface area contributed by atoms with Crippen LogP contribution < -0.4 is 4.74 Å². The van der Waals surface area contributed by atoms with Crippen LogP contribution in [0.4, 0.5) is 0 Å². The van der Waals surface area contributed by atoms with Crippen molar-refractivity contribution in [1.29, 1.82) is 0 Å². The third-order valence-corrected chi connectivity index (χ3v) is 6.63. The number of carbonyl (C=O) groups excluding carboxylic acids is 1. The van der Waals surface area contributed by atoms with E-state index >= 15 is 0 Å². The first-order valence-electron chi connectivity index (χ1n) is 12.4. The molecule has 35 heavy (non-hydrogen) atoms. The van der Waals surface area contributed by atoms with Crippen LogP contribution >= 0.6 is 0 Å². The Kier molecular flexibility index (Phi) is 7.72. The van der Waals surface area contributed by atoms with E-state index in [4.69, 9.17) is 9.47 Å². The van der Waals surface area contributed by atoms with Gasteiger partial charge in [0.1, 0.15) is 12.4 Å². The van der Waals surface area contributed by atoms with E-state index in [2.05, 4.69) is 33.1 Å². The Labute approximate surface area is 206 Å². The number of aromatic nitrogens is 2. The summed E-state index contributed by atoms with van der Waals surface area (Å²) in [5.41, 5.74) is 2.94. The number of amides is 1. The first kappa shape index (κ1) is 23.5. The lowest BCUT2D eigenvalue weighted by Gasteiger charge is -2.34. The first-order chi connectivity index (χ1) is 17.2. The number of nitrogens with zero attached hydrogens (tertiary/aromatic N) is 5. The van der Waals surface area contributed by atoms with Gasteiger partial charge in [0, 0.05) is 70.3 Å². The molecule has 2 aliphatic rings. The van der Waals surface area contributed by atoms with E-state index in [0.717, 1.165) is 82.6 Å². The highest BCUT2D eigenvalue weighted by molar-refractivity contribution is 5.94. The largest absolute Gasteiger partial charge is 0.492 e. The lowest BCUT2D eigenvalue weighted by molar-refractivity contribution is 0.0341. The predicted molar refractivity (Wildman–Crippen MR) is 134 cm³/mol. The molecule has 0 atom stereocenters. The maximum absolute atomic E-state index is 12.9. The van der Waals surface area contributed by atoms with Crippen LogP contribution in [0.2, 0.25) is 0 Å². The van der Waals surface area contributed by atoms with E-state index in [1.165, 1.54) is 5.56 Å². The second-order valence-corrected chi connectivity index (χ2v) is 9.02. The fraction of sp³-hybridized carbons (Fsp3) is 0.407. The van der Waals surface area contributed by atoms with Crippen LogP contribution in [0.3, 0.4) is 0 Å². The highest BCUT2D eigenvalue weighted by Gasteiger charge is 2.22. The normalized spacial score (nSPS) is 17.4. The zero-order valence-electron chi connectivity index (χ0n) is 20.1. The van der Waals surface area contributed by atoms with Crippen LogP contribution in [0.15, 0.2) is 67.0 Å². The summed E-state index contributed by atoms with van der Waals surface area (Å²) in [5.74, 6) is 1.01. The molecule has 5 rings (SSSR count). The minimum atomic E-state index is 0.0880. The van der Waals surface area contributed by atoms with E-state index in [1.807, 2.05) is 47.5 Å². The number of ether oxygens (including phenoxy) is 2. The lowest BCUT2D eigenvalue weighted by Crippen LogP contribution is -2.49. The molecule has 184 valence electrons. The molecule has 2 aromatic carbocycles. The molecule has 8 nitrogen and oxygen atoms in total. The highest BCUT2D eigenvalue weighted by atomic mass is 16.5. The maximum atomic E-state index is 12.9. The molecule has 2 saturated heterocycles. The second-order valence-electron chi connectivity index (χ2n) is 9.02. The van der Waals surface area contributed by atoms with Crippen LogP contribution in [0, 0.1) is 0 Å². The van der Waals surface area contributed by atoms with E-state index in [1.54, 1.807) is 10.9 Å². The van der Waals surface area contributed by atoms with Crippen molar-refractivity contribution in [3.63, 3.8) is 0 Å². The minimum absolute atomic E-state index is 0.0880. The molecule has 0 saturated carbocycles. The summed E-state index contributed by atoms with van der Waals surface area (Å²) in [4.78, 5) is 19.6. The quantitative estimate of drug-likeness (QED) is 0.499. The van der Waals surface area contributed by atoms with Crippen molar-refractivity contribution in [2.24, 2.45) is 0 Å². The molecule has 0 unspecified atom stereocenters. The summed E-state index contributed by atoms with van der Waals surface area (Å²) in [7, 11) is 0. The Morgan fingerprint density at radius 2 is 1.71 bits per heavy atom. The summed E-state index contributed by atoms with van der Waals surface area (Å²) >= 11 is 0. The standard InChI is InChI=1S/C27H33N5O3/c33-27(24-5-7-25(8-6-24)32-10-2-9-28-32)31-13-11-29(12-14-31)17-20-35-26-4-1-3-23(21-26)22-30-15-18-34-19-16-30/h1-10,21H,11-20,22H2. The van der Waals surface area contributed by atoms with Gasteiger partial charge in [-0.15, -0.1) is 0 Å². The number of piperazine rings is 1. The Morgan fingerprint density at radius 1 is 0.914 bits per heavy atom. The average molecular weight is 476 g/mol. The fourth-order valence-corrected chi connectivity index (χ4v) is 4.58. The lowest BCUT2D eigenvalue weighted by atomic mass is 10.1. The maximum Gasteiger partial charge on any atom is 0.253 e. The molecule has 0 radical (unpaired) electrons. The van der Waals surface area contributed by atoms with Gasteiger partial charge in [-0.3, -0.25) is 14.6 Å². The monoisotopic (exact) mass is 475 g/mol. The van der Waals surface area contributed by atoms with Crippen molar-refractivity contribution in [3.05, 3.63) is 78.1 Å². The summed E-state index contributed by atoms with van der Waals surface area (Å²) in [6.45, 7) is 9.20. The minimum Gasteiger partial charge on any atom is -0.492 e. The van der Waals surface area contributed by atoms with E-state index < -0.39 is 0 Å². The number of carbonyl (C=O) groups is 1. The van der Waals surface area contributed by atoms with Gasteiger partial charge < -0.3 is 14.4 Å². The van der Waals surface area contributed by atoms with Gasteiger partial charge >= 0.3 is 0 Å². The van der Waals surface area contributed by atoms with Crippen LogP contribution in [0.25, 0.3) is 5.69 Å². The van der Waals surface area contributed by atoms with Crippen molar-refractivity contribution in [3.8, 4) is 11.4 Å². The summed E-state index contributed by atoms with van der Waals surface area (Å²) < 4.78 is 13.3. The molecule has 3 heterocycles. The number of benzene rings is 2. The van der Waals surface area contributed by atoms with Crippen molar-refractivity contribution < 1.29 is 14.3 Å². The van der Waals surface area contributed by atoms with Crippen LogP contribution in [-0.4, -0.2) is 96.0 Å². The van der Waals surface area contributed by atoms with E-state index in [0.29, 0.717) is 6.61 Å². The summed E-state index contributed by atoms with van der Waals surface area (Å²) in [6, 6.07) is 17.9. The third-order valence-electron chi connectivity index (χ3n) is 6.63. The molecule has 0 spiro atoms. The van der Waals surface area contributed by atoms with E-state index in [9.17, 15) is 4.79 Å². The van der Waals surface area contributed by atoms with Crippen molar-refractivity contribution >= 4 is 5.91 Å². The zero-order valence-corrected chi connectivity index (χ0v) is 20.1. The zero-order chi connectivity index (χ0) is 23.9. The Balaban J connectivity index is 1.04. The van der Waals surface area contributed by atoms with Gasteiger partial charge in [-0.2, -0.15) is 5.10 Å². The number of rotatable bonds is 8. The third kappa shape index (κ3) is 6.28. The number of morpholine rings is 1. The van der Waals surface area contributed by atoms with Gasteiger partial charge in [0.15, 0.2) is 0 Å². The van der Waals surface area contributed by atoms with Crippen LogP contribution in [0.1, 0.15) is 15.9 Å². The molecule has 0 bridgehead atoms. The molecule has 8 heteroatoms. The molecule has 2 aliphatic heterocycles. The first-order valence-corrected chi connectivity index (χ1v) is 12.4. The van der Waals surface area contributed by atoms with E-state index in [-0.39, 0.29) is 5.91 Å². The average Bonchev–Trinajstić information content (AvgIpc) is 3.45. The van der Waals surface area contributed by atoms with Gasteiger partial charge in [0.25, 0.3) is 5.91 Å². The Bertz CT molecular complexity index is 1070. The van der Waals surface area contributed by atoms with Gasteiger partial charge in [-0.1, -0.05) is 12.1 Å². The molecule has 0 aliphatic carbocycles. The summed E-state index contributed by atoms with van der Waals surface area (Å²) in [5, 5.41) is 4.23. The molecule has 1 amide bonds. The van der Waals surface area contributed by atoms with Gasteiger partial charge in [0.2, 0.25) is 0 Å². The van der Waals surface area contributed by atoms with Crippen molar-refractivity contribution in [2.45, 2.75) is 6.54 Å². The molecular formula is C27H33N5O3. The smallest absolute Gasteiger partial charge is 0.253 e. The van der Waals surface area contributed by atoms with Crippen molar-refractivity contribution in [1.82, 2.24) is 24.5 Å². The molecule has 2 fully saturated rings. The molecular weight excluding hydrogens is 442 g/mol. The second kappa shape index (κ2) is 11.5. The van der Waals surface area contributed by atoms with Gasteiger partial charge in [0.05, 0.1) is 18.9 Å². The molecule has 0 N–H and O–H groups in total. The van der Waals surface area contributed by atoms with Crippen LogP contribution in [0.5, 0.6) is 5.75 Å². The Morgan fingerprint density at radius 3 is 2.46 bits per heavy atom. The molecule has 3 aromatic rings. The highest BCUT2D eigenvalue weighted by Crippen LogP contribution is 2.16. The molecule has 1 aromatic heterocycles. The van der Waals surface area contributed by atoms with Gasteiger partial charge in [-0.05, 0) is 48.0 Å². The van der Waals surface area contributed by atoms with Crippen LogP contribution in [-0.2, 0) is 11.3 Å². The van der Waals surface area contributed by atoms with Crippen molar-refractivity contribution in [2.75, 3.05) is 65.6 Å². The topological polar surface area (TPSA) is 63.1 Å². The summed E-state index contributed by atoms with van der Waals surface area (Å²) in [6.07, 6.45) is 3.63. The fourth-order valence-electron chi connectivity index (χ4n) is 4.58. The number of hydrogen-bond acceptors (Lipinski definition) is 6. The SMILES string of the molecule is O=C(c1ccc(-n2cccn2)cc1)N1CCN(CCOc2cccc(CN3CCOCC3)c2)CC1. The van der Waals surface area contributed by atoms with Gasteiger partial charge in [-0.25, -0.2) is 4.68 Å². The number of hydrogen-bond donors (Lipinski definition) is 0.